The third-order valence-corrected chi connectivity index (χ3v) is 5.23. The molecular weight excluding hydrogens is 461 g/mol. The summed E-state index contributed by atoms with van der Waals surface area (Å²) in [6, 6.07) is 13.2. The molecule has 0 unspecified atom stereocenters. The van der Waals surface area contributed by atoms with Crippen LogP contribution >= 0.6 is 0 Å². The van der Waals surface area contributed by atoms with Gasteiger partial charge >= 0.3 is 12.1 Å². The van der Waals surface area contributed by atoms with Gasteiger partial charge in [-0.3, -0.25) is 14.4 Å². The van der Waals surface area contributed by atoms with Gasteiger partial charge in [-0.1, -0.05) is 42.5 Å². The second-order valence-electron chi connectivity index (χ2n) is 8.10. The number of carbonyl (C=O) groups is 3. The minimum Gasteiger partial charge on any atom is -0.349 e. The second-order valence-corrected chi connectivity index (χ2v) is 8.10. The summed E-state index contributed by atoms with van der Waals surface area (Å²) in [5.74, 6) is -7.29. The number of hydrogen-bond acceptors (Lipinski definition) is 3. The van der Waals surface area contributed by atoms with Gasteiger partial charge in [0.15, 0.2) is 0 Å². The van der Waals surface area contributed by atoms with Crippen LogP contribution in [0.2, 0.25) is 0 Å². The molecule has 0 saturated heterocycles. The van der Waals surface area contributed by atoms with Crippen molar-refractivity contribution in [3.05, 3.63) is 54.1 Å². The van der Waals surface area contributed by atoms with E-state index in [1.807, 2.05) is 0 Å². The van der Waals surface area contributed by atoms with Crippen LogP contribution in [0, 0.1) is 5.41 Å². The number of hydrogen-bond donors (Lipinski definition) is 3. The van der Waals surface area contributed by atoms with Gasteiger partial charge in [0, 0.05) is 11.3 Å². The number of rotatable bonds is 9. The highest BCUT2D eigenvalue weighted by molar-refractivity contribution is 6.04. The van der Waals surface area contributed by atoms with Crippen LogP contribution in [0.25, 0.3) is 11.1 Å². The zero-order valence-corrected chi connectivity index (χ0v) is 18.6. The molecule has 2 rings (SSSR count). The van der Waals surface area contributed by atoms with Gasteiger partial charge in [0.1, 0.15) is 5.41 Å². The van der Waals surface area contributed by atoms with Crippen molar-refractivity contribution in [1.29, 1.82) is 0 Å². The number of anilines is 1. The second kappa shape index (κ2) is 10.2. The molecule has 3 N–H and O–H groups in total. The van der Waals surface area contributed by atoms with Crippen LogP contribution in [-0.2, 0) is 14.4 Å². The molecule has 2 aromatic carbocycles. The quantitative estimate of drug-likeness (QED) is 0.279. The largest absolute Gasteiger partial charge is 0.455 e. The Bertz CT molecular complexity index is 1050. The molecule has 0 heterocycles. The van der Waals surface area contributed by atoms with Crippen molar-refractivity contribution >= 4 is 23.9 Å². The van der Waals surface area contributed by atoms with Gasteiger partial charge in [-0.2, -0.15) is 22.0 Å². The first-order valence-corrected chi connectivity index (χ1v) is 10.1. The first-order valence-electron chi connectivity index (χ1n) is 10.1. The van der Waals surface area contributed by atoms with Crippen LogP contribution in [0.1, 0.15) is 32.4 Å². The summed E-state index contributed by atoms with van der Waals surface area (Å²) in [6.07, 6.45) is -5.31. The molecule has 6 nitrogen and oxygen atoms in total. The summed E-state index contributed by atoms with van der Waals surface area (Å²) in [6.45, 7) is 1.87. The van der Waals surface area contributed by atoms with Crippen molar-refractivity contribution in [2.24, 2.45) is 5.41 Å². The number of alkyl halides is 5. The Kier molecular flexibility index (Phi) is 8.01. The zero-order chi connectivity index (χ0) is 25.7. The first-order chi connectivity index (χ1) is 15.7. The number of carbonyl (C=O) groups excluding carboxylic acids is 3. The van der Waals surface area contributed by atoms with Gasteiger partial charge in [0.2, 0.25) is 18.2 Å². The number of nitrogens with one attached hydrogen (secondary N) is 3. The van der Waals surface area contributed by atoms with Crippen molar-refractivity contribution in [1.82, 2.24) is 10.6 Å². The maximum atomic E-state index is 13.1. The molecule has 34 heavy (non-hydrogen) atoms. The Morgan fingerprint density at radius 2 is 1.47 bits per heavy atom. The van der Waals surface area contributed by atoms with Crippen LogP contribution in [0.5, 0.6) is 0 Å². The van der Waals surface area contributed by atoms with Gasteiger partial charge in [-0.25, -0.2) is 0 Å². The fraction of sp³-hybridized carbons (Fsp3) is 0.348. The summed E-state index contributed by atoms with van der Waals surface area (Å²) in [7, 11) is 0. The molecule has 0 aliphatic heterocycles. The molecule has 0 saturated carbocycles. The van der Waals surface area contributed by atoms with E-state index in [2.05, 4.69) is 10.6 Å². The molecule has 0 aliphatic rings. The highest BCUT2D eigenvalue weighted by atomic mass is 19.4. The van der Waals surface area contributed by atoms with Crippen molar-refractivity contribution in [3.8, 4) is 11.1 Å². The van der Waals surface area contributed by atoms with Crippen LogP contribution in [-0.4, -0.2) is 36.9 Å². The van der Waals surface area contributed by atoms with E-state index in [0.29, 0.717) is 28.8 Å². The topological polar surface area (TPSA) is 87.3 Å². The summed E-state index contributed by atoms with van der Waals surface area (Å²) in [5, 5.41) is 6.71. The summed E-state index contributed by atoms with van der Waals surface area (Å²) < 4.78 is 63.3. The van der Waals surface area contributed by atoms with Gasteiger partial charge in [-0.15, -0.1) is 0 Å². The van der Waals surface area contributed by atoms with E-state index in [9.17, 15) is 36.3 Å². The highest BCUT2D eigenvalue weighted by Crippen LogP contribution is 2.35. The standard InChI is InChI=1S/C23H24F5N3O3/c1-14(15-8-4-5-9-16(15)17-10-6-7-11-18(17)30-13-32)31-20(34)21(2,3)19(33)29-12-22(24,25)23(26,27)28/h4-11,13-14H,12H2,1-3H3,(H,29,33)(H,30,32)(H,31,34)/t14-/m1/s1. The van der Waals surface area contributed by atoms with E-state index in [1.54, 1.807) is 55.5 Å². The third-order valence-electron chi connectivity index (χ3n) is 5.23. The minimum absolute atomic E-state index is 0.522. The first kappa shape index (κ1) is 26.7. The fourth-order valence-electron chi connectivity index (χ4n) is 3.10. The average molecular weight is 485 g/mol. The minimum atomic E-state index is -5.83. The van der Waals surface area contributed by atoms with E-state index in [-0.39, 0.29) is 0 Å². The SMILES string of the molecule is C[C@@H](NC(=O)C(C)(C)C(=O)NCC(F)(F)C(F)(F)F)c1ccccc1-c1ccccc1NC=O. The molecule has 0 aromatic heterocycles. The average Bonchev–Trinajstić information content (AvgIpc) is 2.77. The van der Waals surface area contributed by atoms with Crippen molar-refractivity contribution in [2.45, 2.75) is 38.9 Å². The van der Waals surface area contributed by atoms with E-state index in [0.717, 1.165) is 13.8 Å². The molecule has 0 bridgehead atoms. The molecule has 0 radical (unpaired) electrons. The van der Waals surface area contributed by atoms with Crippen LogP contribution in [0.4, 0.5) is 27.6 Å². The zero-order valence-electron chi connectivity index (χ0n) is 18.6. The molecule has 1 atom stereocenters. The maximum absolute atomic E-state index is 13.1. The monoisotopic (exact) mass is 485 g/mol. The molecule has 3 amide bonds. The lowest BCUT2D eigenvalue weighted by Crippen LogP contribution is -2.53. The molecule has 0 fully saturated rings. The maximum Gasteiger partial charge on any atom is 0.455 e. The molecule has 0 aliphatic carbocycles. The summed E-state index contributed by atoms with van der Waals surface area (Å²) in [4.78, 5) is 36.0. The predicted molar refractivity (Wildman–Crippen MR) is 116 cm³/mol. The van der Waals surface area contributed by atoms with Gasteiger partial charge in [-0.05, 0) is 38.0 Å². The lowest BCUT2D eigenvalue weighted by Gasteiger charge is -2.27. The van der Waals surface area contributed by atoms with Crippen LogP contribution < -0.4 is 16.0 Å². The molecular formula is C23H24F5N3O3. The van der Waals surface area contributed by atoms with Crippen molar-refractivity contribution < 1.29 is 36.3 Å². The Morgan fingerprint density at radius 1 is 0.912 bits per heavy atom. The lowest BCUT2D eigenvalue weighted by atomic mass is 9.89. The number of benzene rings is 2. The fourth-order valence-corrected chi connectivity index (χ4v) is 3.10. The number of amides is 3. The molecule has 2 aromatic rings. The molecule has 0 spiro atoms. The lowest BCUT2D eigenvalue weighted by molar-refractivity contribution is -0.278. The Balaban J connectivity index is 2.22. The molecule has 184 valence electrons. The Morgan fingerprint density at radius 3 is 2.06 bits per heavy atom. The highest BCUT2D eigenvalue weighted by Gasteiger charge is 2.57. The predicted octanol–water partition coefficient (Wildman–Crippen LogP) is 4.44. The van der Waals surface area contributed by atoms with E-state index in [1.165, 1.54) is 5.32 Å². The Hall–Kier alpha value is -3.50. The molecule has 11 heteroatoms. The van der Waals surface area contributed by atoms with Crippen molar-refractivity contribution in [2.75, 3.05) is 11.9 Å². The van der Waals surface area contributed by atoms with Gasteiger partial charge in [0.05, 0.1) is 12.6 Å². The smallest absolute Gasteiger partial charge is 0.349 e. The van der Waals surface area contributed by atoms with E-state index in [4.69, 9.17) is 0 Å². The normalized spacial score (nSPS) is 13.1. The van der Waals surface area contributed by atoms with Crippen LogP contribution in [0.15, 0.2) is 48.5 Å². The Labute approximate surface area is 192 Å². The summed E-state index contributed by atoms with van der Waals surface area (Å²) >= 11 is 0. The number of para-hydroxylation sites is 1. The number of halogens is 5. The van der Waals surface area contributed by atoms with E-state index >= 15 is 0 Å². The van der Waals surface area contributed by atoms with Crippen LogP contribution in [0.3, 0.4) is 0 Å². The van der Waals surface area contributed by atoms with Gasteiger partial charge in [0.25, 0.3) is 0 Å². The van der Waals surface area contributed by atoms with E-state index < -0.39 is 41.9 Å². The van der Waals surface area contributed by atoms with Gasteiger partial charge < -0.3 is 16.0 Å². The summed E-state index contributed by atoms with van der Waals surface area (Å²) in [5.41, 5.74) is 0.539. The van der Waals surface area contributed by atoms with Crippen molar-refractivity contribution in [3.63, 3.8) is 0 Å². The third kappa shape index (κ3) is 5.89.